The van der Waals surface area contributed by atoms with Crippen molar-refractivity contribution in [3.8, 4) is 10.6 Å². The Balaban J connectivity index is 1.27. The van der Waals surface area contributed by atoms with Crippen LogP contribution in [0.15, 0.2) is 60.7 Å². The van der Waals surface area contributed by atoms with Crippen molar-refractivity contribution in [2.45, 2.75) is 43.2 Å². The van der Waals surface area contributed by atoms with Gasteiger partial charge in [0.05, 0.1) is 5.69 Å². The van der Waals surface area contributed by atoms with Crippen molar-refractivity contribution in [3.05, 3.63) is 83.3 Å². The molecule has 0 saturated heterocycles. The normalized spacial score (nSPS) is 17.7. The summed E-state index contributed by atoms with van der Waals surface area (Å²) in [5, 5.41) is 10.1. The Kier molecular flexibility index (Phi) is 4.83. The molecule has 2 aromatic heterocycles. The summed E-state index contributed by atoms with van der Waals surface area (Å²) in [5.74, 6) is -1.16. The van der Waals surface area contributed by atoms with Gasteiger partial charge in [0.2, 0.25) is 0 Å². The molecule has 2 heterocycles. The van der Waals surface area contributed by atoms with Crippen molar-refractivity contribution in [2.24, 2.45) is 0 Å². The maximum atomic E-state index is 15.1. The lowest BCUT2D eigenvalue weighted by Crippen LogP contribution is -2.40. The first-order valence-corrected chi connectivity index (χ1v) is 12.3. The first-order chi connectivity index (χ1) is 16.4. The monoisotopic (exact) mass is 473 g/mol. The molecule has 1 N–H and O–H groups in total. The van der Waals surface area contributed by atoms with Crippen LogP contribution < -0.4 is 0 Å². The van der Waals surface area contributed by atoms with Crippen molar-refractivity contribution in [3.63, 3.8) is 0 Å². The predicted molar refractivity (Wildman–Crippen MR) is 130 cm³/mol. The molecule has 0 spiro atoms. The number of aromatic nitrogens is 2. The predicted octanol–water partition coefficient (Wildman–Crippen LogP) is 5.63. The van der Waals surface area contributed by atoms with Gasteiger partial charge in [0.1, 0.15) is 26.7 Å². The number of thiazole rings is 1. The minimum Gasteiger partial charge on any atom is -0.480 e. The molecule has 0 radical (unpaired) electrons. The minimum absolute atomic E-state index is 0.0204. The molecule has 2 aliphatic rings. The van der Waals surface area contributed by atoms with E-state index in [0.29, 0.717) is 30.0 Å². The van der Waals surface area contributed by atoms with Gasteiger partial charge in [-0.05, 0) is 68.1 Å². The summed E-state index contributed by atoms with van der Waals surface area (Å²) in [5.41, 5.74) is 3.48. The largest absolute Gasteiger partial charge is 0.480 e. The van der Waals surface area contributed by atoms with E-state index in [1.807, 2.05) is 18.2 Å². The zero-order valence-corrected chi connectivity index (χ0v) is 19.6. The number of nitrogens with zero attached hydrogens (tertiary/aromatic N) is 3. The summed E-state index contributed by atoms with van der Waals surface area (Å²) >= 11 is 1.41. The Bertz CT molecular complexity index is 1410. The van der Waals surface area contributed by atoms with E-state index in [-0.39, 0.29) is 11.2 Å². The van der Waals surface area contributed by atoms with Crippen LogP contribution in [0.2, 0.25) is 0 Å². The van der Waals surface area contributed by atoms with Gasteiger partial charge >= 0.3 is 5.97 Å². The Morgan fingerprint density at radius 1 is 1.06 bits per heavy atom. The van der Waals surface area contributed by atoms with Crippen LogP contribution in [0.25, 0.3) is 20.9 Å². The Morgan fingerprint density at radius 3 is 2.47 bits per heavy atom. The van der Waals surface area contributed by atoms with E-state index >= 15 is 4.39 Å². The topological polar surface area (TPSA) is 66.3 Å². The Labute approximate surface area is 200 Å². The molecule has 2 fully saturated rings. The van der Waals surface area contributed by atoms with E-state index in [0.717, 1.165) is 34.4 Å². The standard InChI is InChI=1S/C27H24FN3O2S/c1-31(27(13-14-27)25(32)33)16-17-7-8-19(20(28)15-17)23-29-21-9-10-22(30-24(21)34-23)26(11-12-26)18-5-3-2-4-6-18/h2-10,15H,11-14,16H2,1H3,(H,32,33). The third kappa shape index (κ3) is 3.42. The summed E-state index contributed by atoms with van der Waals surface area (Å²) in [7, 11) is 1.78. The third-order valence-corrected chi connectivity index (χ3v) is 8.36. The van der Waals surface area contributed by atoms with Crippen LogP contribution in [0.3, 0.4) is 0 Å². The molecule has 5 nitrogen and oxygen atoms in total. The third-order valence-electron chi connectivity index (χ3n) is 7.36. The number of fused-ring (bicyclic) bond motifs is 1. The second-order valence-corrected chi connectivity index (χ2v) is 10.5. The first-order valence-electron chi connectivity index (χ1n) is 11.5. The molecule has 0 bridgehead atoms. The molecule has 4 aromatic rings. The molecular formula is C27H24FN3O2S. The number of carbonyl (C=O) groups is 1. The molecule has 2 aliphatic carbocycles. The highest BCUT2D eigenvalue weighted by molar-refractivity contribution is 7.21. The molecule has 0 amide bonds. The Hall–Kier alpha value is -3.16. The van der Waals surface area contributed by atoms with E-state index in [4.69, 9.17) is 4.98 Å². The number of aliphatic carboxylic acids is 1. The van der Waals surface area contributed by atoms with Crippen LogP contribution in [-0.4, -0.2) is 38.5 Å². The fourth-order valence-electron chi connectivity index (χ4n) is 4.91. The van der Waals surface area contributed by atoms with E-state index in [1.54, 1.807) is 18.0 Å². The van der Waals surface area contributed by atoms with Crippen molar-refractivity contribution >= 4 is 27.7 Å². The zero-order chi connectivity index (χ0) is 23.5. The molecule has 7 heteroatoms. The van der Waals surface area contributed by atoms with Crippen LogP contribution in [0, 0.1) is 5.82 Å². The SMILES string of the molecule is CN(Cc1ccc(-c2nc3ccc(C4(c5ccccc5)CC4)nc3s2)c(F)c1)C1(C(=O)O)CC1. The van der Waals surface area contributed by atoms with Gasteiger partial charge in [-0.3, -0.25) is 9.69 Å². The number of likely N-dealkylation sites (N-methyl/N-ethyl adjacent to an activating group) is 1. The summed E-state index contributed by atoms with van der Waals surface area (Å²) in [6, 6.07) is 19.6. The van der Waals surface area contributed by atoms with Gasteiger partial charge in [0.25, 0.3) is 0 Å². The van der Waals surface area contributed by atoms with Crippen LogP contribution in [0.1, 0.15) is 42.5 Å². The maximum absolute atomic E-state index is 15.1. The minimum atomic E-state index is -0.811. The zero-order valence-electron chi connectivity index (χ0n) is 18.8. The number of halogens is 1. The second kappa shape index (κ2) is 7.68. The quantitative estimate of drug-likeness (QED) is 0.377. The summed E-state index contributed by atoms with van der Waals surface area (Å²) in [6.07, 6.45) is 3.42. The van der Waals surface area contributed by atoms with E-state index < -0.39 is 11.5 Å². The molecule has 0 unspecified atom stereocenters. The molecular weight excluding hydrogens is 449 g/mol. The van der Waals surface area contributed by atoms with Crippen LogP contribution in [-0.2, 0) is 16.8 Å². The molecule has 2 aromatic carbocycles. The highest BCUT2D eigenvalue weighted by Crippen LogP contribution is 2.53. The van der Waals surface area contributed by atoms with Crippen LogP contribution in [0.5, 0.6) is 0 Å². The number of pyridine rings is 1. The van der Waals surface area contributed by atoms with Gasteiger partial charge in [-0.2, -0.15) is 0 Å². The lowest BCUT2D eigenvalue weighted by atomic mass is 9.92. The van der Waals surface area contributed by atoms with Gasteiger partial charge in [-0.25, -0.2) is 14.4 Å². The van der Waals surface area contributed by atoms with Gasteiger partial charge in [0.15, 0.2) is 0 Å². The number of rotatable bonds is 7. The summed E-state index contributed by atoms with van der Waals surface area (Å²) < 4.78 is 15.1. The van der Waals surface area contributed by atoms with E-state index in [9.17, 15) is 9.90 Å². The van der Waals surface area contributed by atoms with E-state index in [1.165, 1.54) is 23.0 Å². The van der Waals surface area contributed by atoms with Crippen LogP contribution in [0.4, 0.5) is 4.39 Å². The number of benzene rings is 2. The van der Waals surface area contributed by atoms with Crippen molar-refractivity contribution in [1.82, 2.24) is 14.9 Å². The number of hydrogen-bond acceptors (Lipinski definition) is 5. The van der Waals surface area contributed by atoms with Gasteiger partial charge in [-0.1, -0.05) is 47.7 Å². The summed E-state index contributed by atoms with van der Waals surface area (Å²) in [6.45, 7) is 0.385. The number of carboxylic acids is 1. The molecule has 6 rings (SSSR count). The molecule has 172 valence electrons. The second-order valence-electron chi connectivity index (χ2n) is 9.49. The Morgan fingerprint density at radius 2 is 1.82 bits per heavy atom. The lowest BCUT2D eigenvalue weighted by Gasteiger charge is -2.24. The number of carboxylic acid groups (broad SMARTS) is 1. The fraction of sp³-hybridized carbons (Fsp3) is 0.296. The number of hydrogen-bond donors (Lipinski definition) is 1. The first kappa shape index (κ1) is 21.4. The molecule has 34 heavy (non-hydrogen) atoms. The average molecular weight is 474 g/mol. The van der Waals surface area contributed by atoms with Crippen LogP contribution >= 0.6 is 11.3 Å². The molecule has 2 saturated carbocycles. The average Bonchev–Trinajstić information content (AvgIpc) is 3.75. The van der Waals surface area contributed by atoms with Gasteiger partial charge < -0.3 is 5.11 Å². The fourth-order valence-corrected chi connectivity index (χ4v) is 5.87. The maximum Gasteiger partial charge on any atom is 0.324 e. The van der Waals surface area contributed by atoms with Gasteiger partial charge in [0, 0.05) is 17.5 Å². The van der Waals surface area contributed by atoms with Gasteiger partial charge in [-0.15, -0.1) is 0 Å². The van der Waals surface area contributed by atoms with E-state index in [2.05, 4.69) is 35.3 Å². The molecule has 0 atom stereocenters. The smallest absolute Gasteiger partial charge is 0.324 e. The highest BCUT2D eigenvalue weighted by atomic mass is 32.1. The van der Waals surface area contributed by atoms with Crippen molar-refractivity contribution in [1.29, 1.82) is 0 Å². The molecule has 0 aliphatic heterocycles. The highest BCUT2D eigenvalue weighted by Gasteiger charge is 2.53. The summed E-state index contributed by atoms with van der Waals surface area (Å²) in [4.78, 5) is 23.8. The lowest BCUT2D eigenvalue weighted by molar-refractivity contribution is -0.144. The van der Waals surface area contributed by atoms with Crippen molar-refractivity contribution in [2.75, 3.05) is 7.05 Å². The van der Waals surface area contributed by atoms with Crippen molar-refractivity contribution < 1.29 is 14.3 Å².